The number of para-hydroxylation sites is 2. The van der Waals surface area contributed by atoms with E-state index >= 15 is 0 Å². The highest BCUT2D eigenvalue weighted by Gasteiger charge is 2.10. The number of fused-ring (bicyclic) bond motifs is 1. The number of hydrogen-bond acceptors (Lipinski definition) is 1. The summed E-state index contributed by atoms with van der Waals surface area (Å²) in [5, 5.41) is 0. The molecule has 3 heteroatoms. The second-order valence-corrected chi connectivity index (χ2v) is 6.23. The maximum absolute atomic E-state index is 4.78. The summed E-state index contributed by atoms with van der Waals surface area (Å²) in [5.41, 5.74) is 3.56. The fourth-order valence-electron chi connectivity index (χ4n) is 2.57. The largest absolute Gasteiger partial charge is 0.323 e. The van der Waals surface area contributed by atoms with E-state index in [1.54, 1.807) is 0 Å². The SMILES string of the molecule is C=C(Br)Cn1c(CCc2ccccc2)nc2ccccc21. The summed E-state index contributed by atoms with van der Waals surface area (Å²) >= 11 is 3.47. The van der Waals surface area contributed by atoms with Gasteiger partial charge in [-0.25, -0.2) is 4.98 Å². The van der Waals surface area contributed by atoms with Crippen LogP contribution in [0.1, 0.15) is 11.4 Å². The Bertz CT molecular complexity index is 759. The molecule has 0 saturated heterocycles. The van der Waals surface area contributed by atoms with Crippen LogP contribution in [-0.2, 0) is 19.4 Å². The van der Waals surface area contributed by atoms with Gasteiger partial charge in [0, 0.05) is 10.9 Å². The molecule has 0 N–H and O–H groups in total. The van der Waals surface area contributed by atoms with Gasteiger partial charge in [-0.2, -0.15) is 0 Å². The van der Waals surface area contributed by atoms with Crippen molar-refractivity contribution in [2.45, 2.75) is 19.4 Å². The average Bonchev–Trinajstić information content (AvgIpc) is 2.84. The number of benzene rings is 2. The van der Waals surface area contributed by atoms with Crippen molar-refractivity contribution in [1.29, 1.82) is 0 Å². The summed E-state index contributed by atoms with van der Waals surface area (Å²) < 4.78 is 3.21. The Morgan fingerprint density at radius 2 is 1.71 bits per heavy atom. The van der Waals surface area contributed by atoms with Gasteiger partial charge in [0.25, 0.3) is 0 Å². The van der Waals surface area contributed by atoms with Crippen LogP contribution in [0.15, 0.2) is 65.7 Å². The van der Waals surface area contributed by atoms with Gasteiger partial charge in [0.05, 0.1) is 17.6 Å². The zero-order chi connectivity index (χ0) is 14.7. The number of allylic oxidation sites excluding steroid dienone is 1. The maximum Gasteiger partial charge on any atom is 0.110 e. The van der Waals surface area contributed by atoms with Crippen LogP contribution < -0.4 is 0 Å². The van der Waals surface area contributed by atoms with Gasteiger partial charge in [-0.05, 0) is 24.1 Å². The van der Waals surface area contributed by atoms with E-state index in [0.717, 1.165) is 35.2 Å². The molecule has 1 heterocycles. The Morgan fingerprint density at radius 1 is 1.00 bits per heavy atom. The molecule has 2 aromatic carbocycles. The zero-order valence-electron chi connectivity index (χ0n) is 11.8. The number of nitrogens with zero attached hydrogens (tertiary/aromatic N) is 2. The highest BCUT2D eigenvalue weighted by Crippen LogP contribution is 2.20. The van der Waals surface area contributed by atoms with Gasteiger partial charge in [0.1, 0.15) is 5.82 Å². The first kappa shape index (κ1) is 14.1. The summed E-state index contributed by atoms with van der Waals surface area (Å²) in [5.74, 6) is 1.11. The van der Waals surface area contributed by atoms with Gasteiger partial charge in [-0.15, -0.1) is 0 Å². The third-order valence-electron chi connectivity index (χ3n) is 3.54. The van der Waals surface area contributed by atoms with Crippen LogP contribution in [0.2, 0.25) is 0 Å². The number of imidazole rings is 1. The molecule has 0 aliphatic carbocycles. The molecular formula is C18H17BrN2. The van der Waals surface area contributed by atoms with Crippen molar-refractivity contribution in [2.24, 2.45) is 0 Å². The molecule has 0 unspecified atom stereocenters. The van der Waals surface area contributed by atoms with Crippen molar-refractivity contribution in [3.8, 4) is 0 Å². The molecule has 0 amide bonds. The first-order valence-electron chi connectivity index (χ1n) is 7.05. The molecule has 0 fully saturated rings. The lowest BCUT2D eigenvalue weighted by atomic mass is 10.1. The fourth-order valence-corrected chi connectivity index (χ4v) is 2.82. The minimum absolute atomic E-state index is 0.755. The predicted molar refractivity (Wildman–Crippen MR) is 91.7 cm³/mol. The van der Waals surface area contributed by atoms with E-state index in [0.29, 0.717) is 0 Å². The van der Waals surface area contributed by atoms with Crippen molar-refractivity contribution in [3.63, 3.8) is 0 Å². The van der Waals surface area contributed by atoms with E-state index < -0.39 is 0 Å². The van der Waals surface area contributed by atoms with Crippen LogP contribution in [0, 0.1) is 0 Å². The molecule has 0 aliphatic rings. The first-order chi connectivity index (χ1) is 10.2. The molecule has 3 aromatic rings. The van der Waals surface area contributed by atoms with Gasteiger partial charge in [-0.1, -0.05) is 65.0 Å². The van der Waals surface area contributed by atoms with Crippen LogP contribution in [0.3, 0.4) is 0 Å². The van der Waals surface area contributed by atoms with E-state index in [2.05, 4.69) is 69.5 Å². The Morgan fingerprint density at radius 3 is 2.48 bits per heavy atom. The minimum Gasteiger partial charge on any atom is -0.323 e. The summed E-state index contributed by atoms with van der Waals surface area (Å²) in [6, 6.07) is 18.8. The van der Waals surface area contributed by atoms with Crippen molar-refractivity contribution in [3.05, 3.63) is 77.0 Å². The molecule has 1 aromatic heterocycles. The third kappa shape index (κ3) is 3.24. The number of aryl methyl sites for hydroxylation is 2. The first-order valence-corrected chi connectivity index (χ1v) is 7.84. The van der Waals surface area contributed by atoms with Crippen LogP contribution in [0.25, 0.3) is 11.0 Å². The average molecular weight is 341 g/mol. The molecule has 3 rings (SSSR count). The monoisotopic (exact) mass is 340 g/mol. The van der Waals surface area contributed by atoms with Gasteiger partial charge in [0.15, 0.2) is 0 Å². The van der Waals surface area contributed by atoms with E-state index in [9.17, 15) is 0 Å². The summed E-state index contributed by atoms with van der Waals surface area (Å²) in [7, 11) is 0. The molecular weight excluding hydrogens is 324 g/mol. The molecule has 0 bridgehead atoms. The van der Waals surface area contributed by atoms with Gasteiger partial charge >= 0.3 is 0 Å². The van der Waals surface area contributed by atoms with E-state index in [-0.39, 0.29) is 0 Å². The molecule has 0 aliphatic heterocycles. The van der Waals surface area contributed by atoms with E-state index in [1.807, 2.05) is 12.1 Å². The van der Waals surface area contributed by atoms with Crippen LogP contribution in [-0.4, -0.2) is 9.55 Å². The molecule has 0 radical (unpaired) electrons. The number of rotatable bonds is 5. The number of aromatic nitrogens is 2. The van der Waals surface area contributed by atoms with Crippen molar-refractivity contribution >= 4 is 27.0 Å². The summed E-state index contributed by atoms with van der Waals surface area (Å²) in [4.78, 5) is 4.78. The Kier molecular flexibility index (Phi) is 4.20. The summed E-state index contributed by atoms with van der Waals surface area (Å²) in [6.07, 6.45) is 1.93. The second-order valence-electron chi connectivity index (χ2n) is 5.11. The molecule has 21 heavy (non-hydrogen) atoms. The maximum atomic E-state index is 4.78. The van der Waals surface area contributed by atoms with Gasteiger partial charge in [-0.3, -0.25) is 0 Å². The molecule has 0 spiro atoms. The summed E-state index contributed by atoms with van der Waals surface area (Å²) in [6.45, 7) is 4.72. The highest BCUT2D eigenvalue weighted by molar-refractivity contribution is 9.11. The van der Waals surface area contributed by atoms with E-state index in [1.165, 1.54) is 11.1 Å². The standard InChI is InChI=1S/C18H17BrN2/c1-14(19)13-21-17-10-6-5-9-16(17)20-18(21)12-11-15-7-3-2-4-8-15/h2-10H,1,11-13H2. The quantitative estimate of drug-likeness (QED) is 0.656. The van der Waals surface area contributed by atoms with Crippen LogP contribution >= 0.6 is 15.9 Å². The molecule has 0 saturated carbocycles. The van der Waals surface area contributed by atoms with Crippen LogP contribution in [0.4, 0.5) is 0 Å². The lowest BCUT2D eigenvalue weighted by molar-refractivity contribution is 0.739. The van der Waals surface area contributed by atoms with E-state index in [4.69, 9.17) is 4.98 Å². The van der Waals surface area contributed by atoms with Gasteiger partial charge in [0.2, 0.25) is 0 Å². The Hall–Kier alpha value is -1.87. The minimum atomic E-state index is 0.755. The second kappa shape index (κ2) is 6.27. The van der Waals surface area contributed by atoms with Gasteiger partial charge < -0.3 is 4.57 Å². The lowest BCUT2D eigenvalue weighted by Gasteiger charge is -2.08. The Labute approximate surface area is 133 Å². The number of halogens is 1. The van der Waals surface area contributed by atoms with Crippen molar-refractivity contribution < 1.29 is 0 Å². The predicted octanol–water partition coefficient (Wildman–Crippen LogP) is 4.73. The topological polar surface area (TPSA) is 17.8 Å². The third-order valence-corrected chi connectivity index (χ3v) is 3.79. The number of hydrogen-bond donors (Lipinski definition) is 0. The van der Waals surface area contributed by atoms with Crippen molar-refractivity contribution in [2.75, 3.05) is 0 Å². The highest BCUT2D eigenvalue weighted by atomic mass is 79.9. The Balaban J connectivity index is 1.91. The molecule has 0 atom stereocenters. The molecule has 106 valence electrons. The van der Waals surface area contributed by atoms with Crippen molar-refractivity contribution in [1.82, 2.24) is 9.55 Å². The van der Waals surface area contributed by atoms with Crippen LogP contribution in [0.5, 0.6) is 0 Å². The smallest absolute Gasteiger partial charge is 0.110 e. The molecule has 2 nitrogen and oxygen atoms in total. The normalized spacial score (nSPS) is 10.9. The fraction of sp³-hybridized carbons (Fsp3) is 0.167. The lowest BCUT2D eigenvalue weighted by Crippen LogP contribution is -2.05. The zero-order valence-corrected chi connectivity index (χ0v) is 13.4.